The second-order valence-electron chi connectivity index (χ2n) is 3.51. The molecule has 0 bridgehead atoms. The molecule has 16 heavy (non-hydrogen) atoms. The SMILES string of the molecule is CCC[C@@H](N)c1ccc(C(F)(F)F)cc1.Cl. The van der Waals surface area contributed by atoms with Gasteiger partial charge in [-0.15, -0.1) is 12.4 Å². The van der Waals surface area contributed by atoms with Crippen molar-refractivity contribution in [3.63, 3.8) is 0 Å². The van der Waals surface area contributed by atoms with Gasteiger partial charge in [0, 0.05) is 6.04 Å². The summed E-state index contributed by atoms with van der Waals surface area (Å²) in [5.41, 5.74) is 5.91. The van der Waals surface area contributed by atoms with Crippen LogP contribution < -0.4 is 5.73 Å². The van der Waals surface area contributed by atoms with Gasteiger partial charge in [-0.25, -0.2) is 0 Å². The predicted octanol–water partition coefficient (Wildman–Crippen LogP) is 3.93. The zero-order chi connectivity index (χ0) is 11.5. The van der Waals surface area contributed by atoms with Crippen LogP contribution in [0.2, 0.25) is 0 Å². The van der Waals surface area contributed by atoms with E-state index in [0.29, 0.717) is 0 Å². The van der Waals surface area contributed by atoms with Gasteiger partial charge >= 0.3 is 6.18 Å². The molecule has 1 aromatic rings. The van der Waals surface area contributed by atoms with Crippen molar-refractivity contribution in [3.05, 3.63) is 35.4 Å². The molecule has 2 N–H and O–H groups in total. The maximum Gasteiger partial charge on any atom is 0.416 e. The lowest BCUT2D eigenvalue weighted by atomic mass is 10.0. The lowest BCUT2D eigenvalue weighted by Gasteiger charge is -2.12. The lowest BCUT2D eigenvalue weighted by molar-refractivity contribution is -0.137. The monoisotopic (exact) mass is 253 g/mol. The second-order valence-corrected chi connectivity index (χ2v) is 3.51. The molecular formula is C11H15ClF3N. The molecule has 92 valence electrons. The number of benzene rings is 1. The molecule has 0 heterocycles. The average molecular weight is 254 g/mol. The molecule has 0 spiro atoms. The first kappa shape index (κ1) is 15.3. The molecule has 0 aliphatic heterocycles. The summed E-state index contributed by atoms with van der Waals surface area (Å²) in [7, 11) is 0. The largest absolute Gasteiger partial charge is 0.416 e. The van der Waals surface area contributed by atoms with Gasteiger partial charge in [0.25, 0.3) is 0 Å². The Morgan fingerprint density at radius 2 is 1.69 bits per heavy atom. The van der Waals surface area contributed by atoms with Crippen molar-refractivity contribution in [2.24, 2.45) is 5.73 Å². The fourth-order valence-corrected chi connectivity index (χ4v) is 1.40. The van der Waals surface area contributed by atoms with Gasteiger partial charge in [-0.2, -0.15) is 13.2 Å². The van der Waals surface area contributed by atoms with E-state index in [0.717, 1.165) is 30.5 Å². The summed E-state index contributed by atoms with van der Waals surface area (Å²) in [6, 6.07) is 4.87. The van der Waals surface area contributed by atoms with Crippen LogP contribution in [0.4, 0.5) is 13.2 Å². The Bertz CT molecular complexity index is 308. The summed E-state index contributed by atoms with van der Waals surface area (Å²) >= 11 is 0. The van der Waals surface area contributed by atoms with Gasteiger partial charge in [0.05, 0.1) is 5.56 Å². The van der Waals surface area contributed by atoms with Crippen LogP contribution in [0.25, 0.3) is 0 Å². The number of halogens is 4. The first-order valence-electron chi connectivity index (χ1n) is 4.88. The van der Waals surface area contributed by atoms with Gasteiger partial charge in [-0.3, -0.25) is 0 Å². The maximum absolute atomic E-state index is 12.2. The summed E-state index contributed by atoms with van der Waals surface area (Å²) in [4.78, 5) is 0. The quantitative estimate of drug-likeness (QED) is 0.868. The highest BCUT2D eigenvalue weighted by Crippen LogP contribution is 2.30. The highest BCUT2D eigenvalue weighted by Gasteiger charge is 2.30. The third-order valence-electron chi connectivity index (χ3n) is 2.27. The minimum atomic E-state index is -4.27. The van der Waals surface area contributed by atoms with Gasteiger partial charge in [-0.1, -0.05) is 25.5 Å². The molecule has 0 saturated heterocycles. The van der Waals surface area contributed by atoms with Crippen molar-refractivity contribution in [2.75, 3.05) is 0 Å². The van der Waals surface area contributed by atoms with Gasteiger partial charge < -0.3 is 5.73 Å². The van der Waals surface area contributed by atoms with Crippen LogP contribution in [0.15, 0.2) is 24.3 Å². The van der Waals surface area contributed by atoms with Crippen LogP contribution in [0.5, 0.6) is 0 Å². The molecule has 1 atom stereocenters. The van der Waals surface area contributed by atoms with E-state index in [1.807, 2.05) is 6.92 Å². The molecule has 0 unspecified atom stereocenters. The van der Waals surface area contributed by atoms with Crippen molar-refractivity contribution in [2.45, 2.75) is 32.0 Å². The zero-order valence-electron chi connectivity index (χ0n) is 8.92. The first-order chi connectivity index (χ1) is 6.95. The van der Waals surface area contributed by atoms with Crippen LogP contribution >= 0.6 is 12.4 Å². The number of nitrogens with two attached hydrogens (primary N) is 1. The Hall–Kier alpha value is -0.740. The van der Waals surface area contributed by atoms with Crippen LogP contribution in [0.3, 0.4) is 0 Å². The summed E-state index contributed by atoms with van der Waals surface area (Å²) < 4.78 is 36.7. The zero-order valence-corrected chi connectivity index (χ0v) is 9.74. The number of hydrogen-bond donors (Lipinski definition) is 1. The number of rotatable bonds is 3. The van der Waals surface area contributed by atoms with Gasteiger partial charge in [0.2, 0.25) is 0 Å². The molecule has 1 rings (SSSR count). The molecule has 0 aromatic heterocycles. The van der Waals surface area contributed by atoms with Crippen LogP contribution in [0, 0.1) is 0 Å². The first-order valence-corrected chi connectivity index (χ1v) is 4.88. The summed E-state index contributed by atoms with van der Waals surface area (Å²) in [5, 5.41) is 0. The lowest BCUT2D eigenvalue weighted by Crippen LogP contribution is -2.11. The molecule has 0 radical (unpaired) electrons. The topological polar surface area (TPSA) is 26.0 Å². The highest BCUT2D eigenvalue weighted by molar-refractivity contribution is 5.85. The molecular weight excluding hydrogens is 239 g/mol. The summed E-state index contributed by atoms with van der Waals surface area (Å²) in [5.74, 6) is 0. The third-order valence-corrected chi connectivity index (χ3v) is 2.27. The number of hydrogen-bond acceptors (Lipinski definition) is 1. The van der Waals surface area contributed by atoms with Crippen molar-refractivity contribution in [1.82, 2.24) is 0 Å². The Kier molecular flexibility index (Phi) is 5.83. The molecule has 5 heteroatoms. The van der Waals surface area contributed by atoms with Crippen molar-refractivity contribution < 1.29 is 13.2 Å². The molecule has 1 aromatic carbocycles. The van der Waals surface area contributed by atoms with E-state index in [2.05, 4.69) is 0 Å². The van der Waals surface area contributed by atoms with E-state index < -0.39 is 11.7 Å². The number of alkyl halides is 3. The minimum Gasteiger partial charge on any atom is -0.324 e. The Balaban J connectivity index is 0.00000225. The van der Waals surface area contributed by atoms with E-state index in [-0.39, 0.29) is 18.4 Å². The normalized spacial score (nSPS) is 13.1. The molecule has 0 fully saturated rings. The molecule has 0 amide bonds. The van der Waals surface area contributed by atoms with Crippen LogP contribution in [-0.2, 0) is 6.18 Å². The minimum absolute atomic E-state index is 0. The Morgan fingerprint density at radius 1 is 1.19 bits per heavy atom. The maximum atomic E-state index is 12.2. The van der Waals surface area contributed by atoms with Crippen LogP contribution in [0.1, 0.15) is 36.9 Å². The van der Waals surface area contributed by atoms with Gasteiger partial charge in [-0.05, 0) is 24.1 Å². The Labute approximate surface area is 99.2 Å². The molecule has 0 saturated carbocycles. The standard InChI is InChI=1S/C11H14F3N.ClH/c1-2-3-10(15)8-4-6-9(7-5-8)11(12,13)14;/h4-7,10H,2-3,15H2,1H3;1H/t10-;/m1./s1. The van der Waals surface area contributed by atoms with Gasteiger partial charge in [0.1, 0.15) is 0 Å². The predicted molar refractivity (Wildman–Crippen MR) is 60.5 cm³/mol. The summed E-state index contributed by atoms with van der Waals surface area (Å²) in [6.45, 7) is 1.99. The smallest absolute Gasteiger partial charge is 0.324 e. The van der Waals surface area contributed by atoms with Crippen molar-refractivity contribution >= 4 is 12.4 Å². The fourth-order valence-electron chi connectivity index (χ4n) is 1.40. The van der Waals surface area contributed by atoms with Crippen LogP contribution in [-0.4, -0.2) is 0 Å². The van der Waals surface area contributed by atoms with Crippen molar-refractivity contribution in [3.8, 4) is 0 Å². The van der Waals surface area contributed by atoms with E-state index in [1.54, 1.807) is 0 Å². The highest BCUT2D eigenvalue weighted by atomic mass is 35.5. The molecule has 0 aliphatic carbocycles. The van der Waals surface area contributed by atoms with Crippen molar-refractivity contribution in [1.29, 1.82) is 0 Å². The Morgan fingerprint density at radius 3 is 2.06 bits per heavy atom. The average Bonchev–Trinajstić information content (AvgIpc) is 2.17. The van der Waals surface area contributed by atoms with E-state index in [1.165, 1.54) is 12.1 Å². The fraction of sp³-hybridized carbons (Fsp3) is 0.455. The van der Waals surface area contributed by atoms with E-state index >= 15 is 0 Å². The molecule has 0 aliphatic rings. The van der Waals surface area contributed by atoms with E-state index in [9.17, 15) is 13.2 Å². The summed E-state index contributed by atoms with van der Waals surface area (Å²) in [6.07, 6.45) is -2.57. The van der Waals surface area contributed by atoms with E-state index in [4.69, 9.17) is 5.73 Å². The second kappa shape index (κ2) is 6.11. The van der Waals surface area contributed by atoms with Gasteiger partial charge in [0.15, 0.2) is 0 Å². The molecule has 1 nitrogen and oxygen atoms in total. The third kappa shape index (κ3) is 4.02.